The first-order valence-corrected chi connectivity index (χ1v) is 8.82. The first kappa shape index (κ1) is 15.4. The van der Waals surface area contributed by atoms with E-state index in [0.29, 0.717) is 0 Å². The Labute approximate surface area is 141 Å². The van der Waals surface area contributed by atoms with E-state index >= 15 is 0 Å². The molecule has 1 amide bonds. The second-order valence-corrected chi connectivity index (χ2v) is 7.02. The van der Waals surface area contributed by atoms with E-state index in [4.69, 9.17) is 4.42 Å². The number of carbonyl (C=O) groups excluding carboxylic acids is 1. The molecule has 4 heteroatoms. The van der Waals surface area contributed by atoms with Crippen molar-refractivity contribution in [1.82, 2.24) is 5.32 Å². The topological polar surface area (TPSA) is 42.2 Å². The van der Waals surface area contributed by atoms with Crippen molar-refractivity contribution in [2.24, 2.45) is 0 Å². The van der Waals surface area contributed by atoms with Crippen LogP contribution in [0.25, 0.3) is 0 Å². The van der Waals surface area contributed by atoms with Gasteiger partial charge in [-0.2, -0.15) is 0 Å². The molecule has 1 unspecified atom stereocenters. The molecule has 0 aliphatic heterocycles. The predicted molar refractivity (Wildman–Crippen MR) is 89.1 cm³/mol. The first-order chi connectivity index (χ1) is 11.7. The van der Waals surface area contributed by atoms with Crippen molar-refractivity contribution in [2.45, 2.75) is 56.4 Å². The molecule has 1 fully saturated rings. The van der Waals surface area contributed by atoms with E-state index in [2.05, 4.69) is 5.32 Å². The lowest BCUT2D eigenvalue weighted by molar-refractivity contribution is -0.127. The smallest absolute Gasteiger partial charge is 0.231 e. The minimum Gasteiger partial charge on any atom is -0.469 e. The fourth-order valence-corrected chi connectivity index (χ4v) is 4.34. The quantitative estimate of drug-likeness (QED) is 0.906. The van der Waals surface area contributed by atoms with Gasteiger partial charge in [-0.1, -0.05) is 25.0 Å². The molecule has 1 atom stereocenters. The molecule has 1 aromatic carbocycles. The summed E-state index contributed by atoms with van der Waals surface area (Å²) < 4.78 is 19.2. The zero-order valence-corrected chi connectivity index (χ0v) is 13.7. The monoisotopic (exact) mass is 327 g/mol. The molecular formula is C20H22FNO2. The van der Waals surface area contributed by atoms with E-state index in [1.807, 2.05) is 12.1 Å². The zero-order valence-electron chi connectivity index (χ0n) is 13.7. The molecule has 0 saturated heterocycles. The molecule has 2 aliphatic carbocycles. The van der Waals surface area contributed by atoms with Gasteiger partial charge in [0.05, 0.1) is 17.7 Å². The summed E-state index contributed by atoms with van der Waals surface area (Å²) in [5.41, 5.74) is 1.31. The van der Waals surface area contributed by atoms with Crippen LogP contribution in [0.15, 0.2) is 41.0 Å². The Morgan fingerprint density at radius 1 is 1.21 bits per heavy atom. The van der Waals surface area contributed by atoms with Crippen molar-refractivity contribution in [1.29, 1.82) is 0 Å². The molecule has 0 spiro atoms. The standard InChI is InChI=1S/C20H22FNO2/c21-15-6-3-5-14(13-15)20(10-1-2-11-20)19(23)22-17-7-4-8-18-16(17)9-12-24-18/h3,5-6,9,12-13,17H,1-2,4,7-8,10-11H2,(H,22,23). The third kappa shape index (κ3) is 2.54. The predicted octanol–water partition coefficient (Wildman–Crippen LogP) is 4.42. The molecule has 1 N–H and O–H groups in total. The second kappa shape index (κ2) is 6.08. The highest BCUT2D eigenvalue weighted by Gasteiger charge is 2.43. The number of hydrogen-bond donors (Lipinski definition) is 1. The number of benzene rings is 1. The van der Waals surface area contributed by atoms with Crippen LogP contribution in [-0.2, 0) is 16.6 Å². The SMILES string of the molecule is O=C(NC1CCCc2occc21)C1(c2cccc(F)c2)CCCC1. The van der Waals surface area contributed by atoms with Crippen molar-refractivity contribution in [3.8, 4) is 0 Å². The van der Waals surface area contributed by atoms with Gasteiger partial charge in [0.25, 0.3) is 0 Å². The Morgan fingerprint density at radius 2 is 2.04 bits per heavy atom. The number of aryl methyl sites for hydroxylation is 1. The van der Waals surface area contributed by atoms with Crippen LogP contribution in [0, 0.1) is 5.82 Å². The van der Waals surface area contributed by atoms with Crippen molar-refractivity contribution in [3.63, 3.8) is 0 Å². The molecular weight excluding hydrogens is 305 g/mol. The van der Waals surface area contributed by atoms with Gasteiger partial charge in [0.2, 0.25) is 5.91 Å². The highest BCUT2D eigenvalue weighted by atomic mass is 19.1. The number of carbonyl (C=O) groups is 1. The Balaban J connectivity index is 1.62. The van der Waals surface area contributed by atoms with Gasteiger partial charge in [-0.3, -0.25) is 4.79 Å². The molecule has 4 rings (SSSR count). The van der Waals surface area contributed by atoms with Crippen molar-refractivity contribution in [3.05, 3.63) is 59.3 Å². The lowest BCUT2D eigenvalue weighted by Gasteiger charge is -2.32. The Kier molecular flexibility index (Phi) is 3.91. The fraction of sp³-hybridized carbons (Fsp3) is 0.450. The number of amides is 1. The van der Waals surface area contributed by atoms with Crippen molar-refractivity contribution >= 4 is 5.91 Å². The Bertz CT molecular complexity index is 746. The maximum atomic E-state index is 13.7. The number of hydrogen-bond acceptors (Lipinski definition) is 2. The molecule has 0 bridgehead atoms. The molecule has 2 aliphatic rings. The third-order valence-corrected chi connectivity index (χ3v) is 5.63. The van der Waals surface area contributed by atoms with Gasteiger partial charge in [-0.25, -0.2) is 4.39 Å². The molecule has 2 aromatic rings. The summed E-state index contributed by atoms with van der Waals surface area (Å²) in [6, 6.07) is 8.51. The van der Waals surface area contributed by atoms with Gasteiger partial charge in [0.15, 0.2) is 0 Å². The number of fused-ring (bicyclic) bond motifs is 1. The van der Waals surface area contributed by atoms with Crippen LogP contribution in [0.2, 0.25) is 0 Å². The van der Waals surface area contributed by atoms with Crippen molar-refractivity contribution < 1.29 is 13.6 Å². The Hall–Kier alpha value is -2.10. The van der Waals surface area contributed by atoms with Gasteiger partial charge in [-0.05, 0) is 49.4 Å². The third-order valence-electron chi connectivity index (χ3n) is 5.63. The summed E-state index contributed by atoms with van der Waals surface area (Å²) in [5.74, 6) is 0.740. The number of nitrogens with one attached hydrogen (secondary N) is 1. The first-order valence-electron chi connectivity index (χ1n) is 8.82. The molecule has 3 nitrogen and oxygen atoms in total. The summed E-state index contributed by atoms with van der Waals surface area (Å²) in [6.07, 6.45) is 8.16. The average molecular weight is 327 g/mol. The summed E-state index contributed by atoms with van der Waals surface area (Å²) in [5, 5.41) is 3.24. The second-order valence-electron chi connectivity index (χ2n) is 7.02. The highest BCUT2D eigenvalue weighted by Crippen LogP contribution is 2.42. The number of rotatable bonds is 3. The lowest BCUT2D eigenvalue weighted by atomic mass is 9.77. The van der Waals surface area contributed by atoms with Gasteiger partial charge in [0, 0.05) is 12.0 Å². The average Bonchev–Trinajstić information content (AvgIpc) is 3.25. The molecule has 24 heavy (non-hydrogen) atoms. The largest absolute Gasteiger partial charge is 0.469 e. The van der Waals surface area contributed by atoms with E-state index in [1.54, 1.807) is 12.3 Å². The number of halogens is 1. The van der Waals surface area contributed by atoms with Gasteiger partial charge in [0.1, 0.15) is 11.6 Å². The van der Waals surface area contributed by atoms with Crippen LogP contribution in [0.4, 0.5) is 4.39 Å². The van der Waals surface area contributed by atoms with Crippen LogP contribution in [0.1, 0.15) is 61.5 Å². The summed E-state index contributed by atoms with van der Waals surface area (Å²) >= 11 is 0. The van der Waals surface area contributed by atoms with Gasteiger partial charge >= 0.3 is 0 Å². The fourth-order valence-electron chi connectivity index (χ4n) is 4.34. The normalized spacial score (nSPS) is 22.1. The highest BCUT2D eigenvalue weighted by molar-refractivity contribution is 5.89. The van der Waals surface area contributed by atoms with E-state index in [9.17, 15) is 9.18 Å². The zero-order chi connectivity index (χ0) is 16.6. The summed E-state index contributed by atoms with van der Waals surface area (Å²) in [6.45, 7) is 0. The maximum absolute atomic E-state index is 13.7. The van der Waals surface area contributed by atoms with Crippen LogP contribution in [0.5, 0.6) is 0 Å². The molecule has 1 saturated carbocycles. The lowest BCUT2D eigenvalue weighted by Crippen LogP contribution is -2.44. The van der Waals surface area contributed by atoms with E-state index < -0.39 is 5.41 Å². The minimum absolute atomic E-state index is 0.00559. The van der Waals surface area contributed by atoms with Crippen LogP contribution in [-0.4, -0.2) is 5.91 Å². The van der Waals surface area contributed by atoms with Crippen molar-refractivity contribution in [2.75, 3.05) is 0 Å². The van der Waals surface area contributed by atoms with Crippen LogP contribution >= 0.6 is 0 Å². The van der Waals surface area contributed by atoms with Crippen LogP contribution in [0.3, 0.4) is 0 Å². The molecule has 126 valence electrons. The van der Waals surface area contributed by atoms with Gasteiger partial charge in [-0.15, -0.1) is 0 Å². The van der Waals surface area contributed by atoms with Crippen LogP contribution < -0.4 is 5.32 Å². The number of furan rings is 1. The van der Waals surface area contributed by atoms with E-state index in [0.717, 1.165) is 61.8 Å². The maximum Gasteiger partial charge on any atom is 0.231 e. The summed E-state index contributed by atoms with van der Waals surface area (Å²) in [7, 11) is 0. The van der Waals surface area contributed by atoms with Gasteiger partial charge < -0.3 is 9.73 Å². The minimum atomic E-state index is -0.594. The van der Waals surface area contributed by atoms with E-state index in [1.165, 1.54) is 12.1 Å². The van der Waals surface area contributed by atoms with E-state index in [-0.39, 0.29) is 17.8 Å². The summed E-state index contributed by atoms with van der Waals surface area (Å²) in [4.78, 5) is 13.2. The Morgan fingerprint density at radius 3 is 2.83 bits per heavy atom. The molecule has 0 radical (unpaired) electrons. The molecule has 1 heterocycles. The molecule has 1 aromatic heterocycles.